The van der Waals surface area contributed by atoms with Crippen LogP contribution in [0.25, 0.3) is 5.69 Å². The SMILES string of the molecule is Cc1ccc(-n2cnnc2SCC(=O)c2ccc(NC(=O)c3ccccc3)cc2)cc1Cl. The van der Waals surface area contributed by atoms with Crippen LogP contribution in [0, 0.1) is 6.92 Å². The number of anilines is 1. The standard InChI is InChI=1S/C24H19ClN4O2S/c1-16-7-12-20(13-21(16)25)29-15-26-28-24(29)32-14-22(30)17-8-10-19(11-9-17)27-23(31)18-5-3-2-4-6-18/h2-13,15H,14H2,1H3,(H,27,31). The molecule has 0 saturated carbocycles. The molecule has 0 bridgehead atoms. The molecule has 4 aromatic rings. The summed E-state index contributed by atoms with van der Waals surface area (Å²) < 4.78 is 1.80. The van der Waals surface area contributed by atoms with Crippen molar-refractivity contribution in [3.05, 3.63) is 101 Å². The molecule has 8 heteroatoms. The summed E-state index contributed by atoms with van der Waals surface area (Å²) in [6.07, 6.45) is 1.60. The van der Waals surface area contributed by atoms with E-state index in [1.54, 1.807) is 47.3 Å². The summed E-state index contributed by atoms with van der Waals surface area (Å²) in [7, 11) is 0. The van der Waals surface area contributed by atoms with Crippen molar-refractivity contribution in [3.8, 4) is 5.69 Å². The van der Waals surface area contributed by atoms with E-state index in [1.165, 1.54) is 11.8 Å². The monoisotopic (exact) mass is 462 g/mol. The molecule has 160 valence electrons. The molecule has 4 rings (SSSR count). The molecule has 0 aliphatic carbocycles. The zero-order valence-corrected chi connectivity index (χ0v) is 18.7. The van der Waals surface area contributed by atoms with Crippen LogP contribution in [0.4, 0.5) is 5.69 Å². The summed E-state index contributed by atoms with van der Waals surface area (Å²) in [5, 5.41) is 12.2. The van der Waals surface area contributed by atoms with Gasteiger partial charge in [-0.1, -0.05) is 47.6 Å². The van der Waals surface area contributed by atoms with Gasteiger partial charge in [-0.3, -0.25) is 14.2 Å². The van der Waals surface area contributed by atoms with Crippen LogP contribution in [0.1, 0.15) is 26.3 Å². The van der Waals surface area contributed by atoms with Gasteiger partial charge in [-0.15, -0.1) is 10.2 Å². The molecule has 0 atom stereocenters. The first-order valence-corrected chi connectivity index (χ1v) is 11.2. The third kappa shape index (κ3) is 5.07. The number of hydrogen-bond acceptors (Lipinski definition) is 5. The predicted octanol–water partition coefficient (Wildman–Crippen LogP) is 5.46. The van der Waals surface area contributed by atoms with Crippen LogP contribution < -0.4 is 5.32 Å². The highest BCUT2D eigenvalue weighted by Gasteiger charge is 2.13. The topological polar surface area (TPSA) is 76.9 Å². The molecule has 1 heterocycles. The van der Waals surface area contributed by atoms with Crippen LogP contribution in [0.15, 0.2) is 84.3 Å². The van der Waals surface area contributed by atoms with Crippen LogP contribution in [0.2, 0.25) is 5.02 Å². The predicted molar refractivity (Wildman–Crippen MR) is 127 cm³/mol. The van der Waals surface area contributed by atoms with Gasteiger partial charge in [0.05, 0.1) is 11.4 Å². The number of carbonyl (C=O) groups is 2. The molecule has 1 amide bonds. The minimum absolute atomic E-state index is 0.0487. The molecular formula is C24H19ClN4O2S. The Morgan fingerprint density at radius 2 is 1.75 bits per heavy atom. The van der Waals surface area contributed by atoms with Crippen molar-refractivity contribution in [1.82, 2.24) is 14.8 Å². The molecule has 1 N–H and O–H groups in total. The van der Waals surface area contributed by atoms with Crippen LogP contribution in [0.5, 0.6) is 0 Å². The lowest BCUT2D eigenvalue weighted by Gasteiger charge is -2.08. The Morgan fingerprint density at radius 3 is 2.47 bits per heavy atom. The van der Waals surface area contributed by atoms with E-state index < -0.39 is 0 Å². The largest absolute Gasteiger partial charge is 0.322 e. The number of Topliss-reactive ketones (excluding diaryl/α,β-unsaturated/α-hetero) is 1. The van der Waals surface area contributed by atoms with Gasteiger partial charge in [-0.2, -0.15) is 0 Å². The first-order valence-electron chi connectivity index (χ1n) is 9.80. The highest BCUT2D eigenvalue weighted by atomic mass is 35.5. The number of benzene rings is 3. The van der Waals surface area contributed by atoms with Gasteiger partial charge in [-0.05, 0) is 61.0 Å². The van der Waals surface area contributed by atoms with Gasteiger partial charge in [0.15, 0.2) is 10.9 Å². The third-order valence-corrected chi connectivity index (χ3v) is 6.13. The van der Waals surface area contributed by atoms with Gasteiger partial charge >= 0.3 is 0 Å². The molecule has 0 spiro atoms. The number of hydrogen-bond donors (Lipinski definition) is 1. The van der Waals surface area contributed by atoms with Crippen LogP contribution in [0.3, 0.4) is 0 Å². The van der Waals surface area contributed by atoms with Gasteiger partial charge in [0, 0.05) is 21.8 Å². The van der Waals surface area contributed by atoms with E-state index in [-0.39, 0.29) is 17.4 Å². The third-order valence-electron chi connectivity index (χ3n) is 4.78. The number of nitrogens with one attached hydrogen (secondary N) is 1. The molecule has 0 aliphatic rings. The van der Waals surface area contributed by atoms with Crippen molar-refractivity contribution < 1.29 is 9.59 Å². The lowest BCUT2D eigenvalue weighted by atomic mass is 10.1. The smallest absolute Gasteiger partial charge is 0.255 e. The van der Waals surface area contributed by atoms with Crippen LogP contribution in [-0.4, -0.2) is 32.2 Å². The second-order valence-electron chi connectivity index (χ2n) is 7.03. The number of amides is 1. The number of halogens is 1. The molecule has 3 aromatic carbocycles. The van der Waals surface area contributed by atoms with Crippen LogP contribution >= 0.6 is 23.4 Å². The maximum Gasteiger partial charge on any atom is 0.255 e. The van der Waals surface area contributed by atoms with E-state index in [4.69, 9.17) is 11.6 Å². The summed E-state index contributed by atoms with van der Waals surface area (Å²) >= 11 is 7.53. The van der Waals surface area contributed by atoms with Crippen molar-refractivity contribution in [3.63, 3.8) is 0 Å². The zero-order valence-electron chi connectivity index (χ0n) is 17.2. The number of aromatic nitrogens is 3. The van der Waals surface area contributed by atoms with Crippen LogP contribution in [-0.2, 0) is 0 Å². The lowest BCUT2D eigenvalue weighted by molar-refractivity contribution is 0.101. The summed E-state index contributed by atoms with van der Waals surface area (Å²) in [5.74, 6) is -0.0446. The van der Waals surface area contributed by atoms with Gasteiger partial charge in [-0.25, -0.2) is 0 Å². The second kappa shape index (κ2) is 9.80. The Kier molecular flexibility index (Phi) is 6.68. The van der Waals surface area contributed by atoms with Crippen molar-refractivity contribution in [2.24, 2.45) is 0 Å². The van der Waals surface area contributed by atoms with E-state index in [0.29, 0.717) is 27.0 Å². The Hall–Kier alpha value is -3.42. The fourth-order valence-electron chi connectivity index (χ4n) is 2.98. The number of nitrogens with zero attached hydrogens (tertiary/aromatic N) is 3. The van der Waals surface area contributed by atoms with E-state index in [0.717, 1.165) is 11.3 Å². The summed E-state index contributed by atoms with van der Waals surface area (Å²) in [6, 6.07) is 21.5. The maximum absolute atomic E-state index is 12.7. The van der Waals surface area contributed by atoms with E-state index in [2.05, 4.69) is 15.5 Å². The van der Waals surface area contributed by atoms with Crippen molar-refractivity contribution in [1.29, 1.82) is 0 Å². The summed E-state index contributed by atoms with van der Waals surface area (Å²) in [5.41, 5.74) is 3.57. The highest BCUT2D eigenvalue weighted by molar-refractivity contribution is 7.99. The normalized spacial score (nSPS) is 10.7. The molecule has 0 aliphatic heterocycles. The number of carbonyl (C=O) groups excluding carboxylic acids is 2. The lowest BCUT2D eigenvalue weighted by Crippen LogP contribution is -2.12. The fraction of sp³-hybridized carbons (Fsp3) is 0.0833. The molecule has 0 saturated heterocycles. The quantitative estimate of drug-likeness (QED) is 0.291. The maximum atomic E-state index is 12.7. The van der Waals surface area contributed by atoms with Crippen molar-refractivity contribution >= 4 is 40.7 Å². The number of ketones is 1. The molecule has 0 radical (unpaired) electrons. The van der Waals surface area contributed by atoms with E-state index >= 15 is 0 Å². The Bertz CT molecular complexity index is 1260. The summed E-state index contributed by atoms with van der Waals surface area (Å²) in [4.78, 5) is 24.9. The first-order chi connectivity index (χ1) is 15.5. The molecule has 6 nitrogen and oxygen atoms in total. The Labute approximate surface area is 194 Å². The van der Waals surface area contributed by atoms with E-state index in [9.17, 15) is 9.59 Å². The van der Waals surface area contributed by atoms with Crippen molar-refractivity contribution in [2.45, 2.75) is 12.1 Å². The minimum Gasteiger partial charge on any atom is -0.322 e. The van der Waals surface area contributed by atoms with Gasteiger partial charge in [0.1, 0.15) is 6.33 Å². The average molecular weight is 463 g/mol. The molecular weight excluding hydrogens is 444 g/mol. The van der Waals surface area contributed by atoms with E-state index in [1.807, 2.05) is 43.3 Å². The molecule has 32 heavy (non-hydrogen) atoms. The highest BCUT2D eigenvalue weighted by Crippen LogP contribution is 2.24. The molecule has 0 unspecified atom stereocenters. The Morgan fingerprint density at radius 1 is 1.00 bits per heavy atom. The minimum atomic E-state index is -0.198. The number of rotatable bonds is 7. The number of aryl methyl sites for hydroxylation is 1. The number of thioether (sulfide) groups is 1. The van der Waals surface area contributed by atoms with Gasteiger partial charge in [0.25, 0.3) is 5.91 Å². The summed E-state index contributed by atoms with van der Waals surface area (Å²) in [6.45, 7) is 1.94. The second-order valence-corrected chi connectivity index (χ2v) is 8.38. The zero-order chi connectivity index (χ0) is 22.5. The Balaban J connectivity index is 1.38. The van der Waals surface area contributed by atoms with Gasteiger partial charge < -0.3 is 5.32 Å². The first kappa shape index (κ1) is 21.8. The van der Waals surface area contributed by atoms with Crippen molar-refractivity contribution in [2.75, 3.05) is 11.1 Å². The molecule has 0 fully saturated rings. The fourth-order valence-corrected chi connectivity index (χ4v) is 3.98. The molecule has 1 aromatic heterocycles. The van der Waals surface area contributed by atoms with Gasteiger partial charge in [0.2, 0.25) is 0 Å². The average Bonchev–Trinajstić information content (AvgIpc) is 3.29.